The van der Waals surface area contributed by atoms with Crippen LogP contribution in [-0.4, -0.2) is 22.2 Å². The topological polar surface area (TPSA) is 74.6 Å². The first-order chi connectivity index (χ1) is 13.6. The summed E-state index contributed by atoms with van der Waals surface area (Å²) in [6, 6.07) is 15.7. The summed E-state index contributed by atoms with van der Waals surface area (Å²) in [5, 5.41) is 17.4. The molecule has 0 aliphatic heterocycles. The van der Waals surface area contributed by atoms with E-state index < -0.39 is 17.9 Å². The van der Waals surface area contributed by atoms with Crippen molar-refractivity contribution in [3.63, 3.8) is 0 Å². The highest BCUT2D eigenvalue weighted by Crippen LogP contribution is 2.17. The fourth-order valence-corrected chi connectivity index (χ4v) is 3.00. The maximum atomic E-state index is 10.8. The Kier molecular flexibility index (Phi) is 10.1. The molecule has 0 aliphatic rings. The van der Waals surface area contributed by atoms with Gasteiger partial charge in [0, 0.05) is 0 Å². The summed E-state index contributed by atoms with van der Waals surface area (Å²) < 4.78 is 0. The van der Waals surface area contributed by atoms with Gasteiger partial charge in [0.15, 0.2) is 0 Å². The van der Waals surface area contributed by atoms with Gasteiger partial charge in [-0.2, -0.15) is 0 Å². The fourth-order valence-electron chi connectivity index (χ4n) is 3.00. The summed E-state index contributed by atoms with van der Waals surface area (Å²) in [6.07, 6.45) is 2.21. The van der Waals surface area contributed by atoms with Crippen molar-refractivity contribution in [2.45, 2.75) is 59.8 Å². The predicted molar refractivity (Wildman–Crippen MR) is 117 cm³/mol. The Bertz CT molecular complexity index is 758. The van der Waals surface area contributed by atoms with Crippen LogP contribution in [0.2, 0.25) is 0 Å². The normalized spacial score (nSPS) is 11.7. The van der Waals surface area contributed by atoms with Gasteiger partial charge in [0.1, 0.15) is 0 Å². The summed E-state index contributed by atoms with van der Waals surface area (Å²) in [6.45, 7) is 10.4. The molecular formula is C25H34O4. The third kappa shape index (κ3) is 9.93. The molecule has 0 saturated carbocycles. The average Bonchev–Trinajstić information content (AvgIpc) is 2.62. The van der Waals surface area contributed by atoms with Gasteiger partial charge in [0.05, 0.1) is 12.3 Å². The van der Waals surface area contributed by atoms with Crippen LogP contribution in [0.25, 0.3) is 0 Å². The van der Waals surface area contributed by atoms with Gasteiger partial charge in [0.25, 0.3) is 0 Å². The molecule has 0 saturated heterocycles. The van der Waals surface area contributed by atoms with Crippen molar-refractivity contribution < 1.29 is 19.8 Å². The van der Waals surface area contributed by atoms with E-state index in [0.29, 0.717) is 11.8 Å². The van der Waals surface area contributed by atoms with E-state index in [4.69, 9.17) is 10.2 Å². The number of carbonyl (C=O) groups is 2. The number of hydrogen-bond donors (Lipinski definition) is 2. The minimum Gasteiger partial charge on any atom is -0.481 e. The minimum atomic E-state index is -0.776. The van der Waals surface area contributed by atoms with E-state index in [9.17, 15) is 9.59 Å². The fraction of sp³-hybridized carbons (Fsp3) is 0.440. The molecule has 0 fully saturated rings. The monoisotopic (exact) mass is 398 g/mol. The lowest BCUT2D eigenvalue weighted by atomic mass is 9.97. The molecule has 0 aromatic heterocycles. The Morgan fingerprint density at radius 3 is 1.41 bits per heavy atom. The number of rotatable bonds is 8. The van der Waals surface area contributed by atoms with Gasteiger partial charge in [-0.3, -0.25) is 9.59 Å². The Balaban J connectivity index is 0.000000291. The van der Waals surface area contributed by atoms with Crippen LogP contribution in [0.15, 0.2) is 48.5 Å². The van der Waals surface area contributed by atoms with Crippen LogP contribution in [0.5, 0.6) is 0 Å². The van der Waals surface area contributed by atoms with E-state index in [-0.39, 0.29) is 6.42 Å². The first-order valence-electron chi connectivity index (χ1n) is 10.2. The molecule has 2 N–H and O–H groups in total. The summed E-state index contributed by atoms with van der Waals surface area (Å²) >= 11 is 0. The number of carboxylic acids is 2. The van der Waals surface area contributed by atoms with E-state index in [0.717, 1.165) is 24.0 Å². The molecule has 29 heavy (non-hydrogen) atoms. The predicted octanol–water partition coefficient (Wildman–Crippen LogP) is 5.59. The smallest absolute Gasteiger partial charge is 0.310 e. The lowest BCUT2D eigenvalue weighted by Gasteiger charge is -2.09. The highest BCUT2D eigenvalue weighted by atomic mass is 16.4. The van der Waals surface area contributed by atoms with Crippen molar-refractivity contribution in [2.75, 3.05) is 0 Å². The molecule has 0 radical (unpaired) electrons. The van der Waals surface area contributed by atoms with E-state index in [1.165, 1.54) is 11.1 Å². The largest absolute Gasteiger partial charge is 0.481 e. The molecule has 0 bridgehead atoms. The van der Waals surface area contributed by atoms with Crippen molar-refractivity contribution in [1.82, 2.24) is 0 Å². The van der Waals surface area contributed by atoms with Gasteiger partial charge in [-0.05, 0) is 53.9 Å². The van der Waals surface area contributed by atoms with Gasteiger partial charge in [-0.25, -0.2) is 0 Å². The Labute approximate surface area is 174 Å². The van der Waals surface area contributed by atoms with Crippen molar-refractivity contribution >= 4 is 11.9 Å². The van der Waals surface area contributed by atoms with Crippen LogP contribution in [0.3, 0.4) is 0 Å². The standard InChI is InChI=1S/C13H18O2.C12H16O2/c1-9(2)8-11-4-6-12(7-5-11)10(3)13(14)15;1-9(2)7-10-3-5-11(6-4-10)8-12(13)14/h4-7,9-10H,8H2,1-3H3,(H,14,15);3-6,9H,7-8H2,1-2H3,(H,13,14). The molecule has 158 valence electrons. The quantitative estimate of drug-likeness (QED) is 0.608. The number of hydrogen-bond acceptors (Lipinski definition) is 2. The molecular weight excluding hydrogens is 364 g/mol. The van der Waals surface area contributed by atoms with Gasteiger partial charge in [0.2, 0.25) is 0 Å². The lowest BCUT2D eigenvalue weighted by molar-refractivity contribution is -0.138. The van der Waals surface area contributed by atoms with Crippen molar-refractivity contribution in [2.24, 2.45) is 11.8 Å². The maximum Gasteiger partial charge on any atom is 0.310 e. The number of aliphatic carboxylic acids is 2. The van der Waals surface area contributed by atoms with Crippen molar-refractivity contribution in [3.8, 4) is 0 Å². The molecule has 2 rings (SSSR count). The molecule has 0 heterocycles. The second-order valence-electron chi connectivity index (χ2n) is 8.38. The molecule has 0 amide bonds. The third-order valence-electron chi connectivity index (χ3n) is 4.52. The Morgan fingerprint density at radius 1 is 0.690 bits per heavy atom. The molecule has 2 aromatic carbocycles. The molecule has 1 atom stereocenters. The average molecular weight is 399 g/mol. The lowest BCUT2D eigenvalue weighted by Crippen LogP contribution is -2.07. The third-order valence-corrected chi connectivity index (χ3v) is 4.52. The number of carboxylic acid groups (broad SMARTS) is 2. The molecule has 0 aliphatic carbocycles. The zero-order valence-corrected chi connectivity index (χ0v) is 18.2. The summed E-state index contributed by atoms with van der Waals surface area (Å²) in [5.41, 5.74) is 4.28. The maximum absolute atomic E-state index is 10.8. The van der Waals surface area contributed by atoms with Crippen LogP contribution >= 0.6 is 0 Å². The second kappa shape index (κ2) is 12.1. The molecule has 4 nitrogen and oxygen atoms in total. The SMILES string of the molecule is CC(C)Cc1ccc(C(C)C(=O)O)cc1.CC(C)Cc1ccc(CC(=O)O)cc1. The van der Waals surface area contributed by atoms with Crippen LogP contribution in [0.4, 0.5) is 0 Å². The summed E-state index contributed by atoms with van der Waals surface area (Å²) in [7, 11) is 0. The zero-order chi connectivity index (χ0) is 22.0. The van der Waals surface area contributed by atoms with Gasteiger partial charge in [-0.1, -0.05) is 76.2 Å². The van der Waals surface area contributed by atoms with E-state index in [1.54, 1.807) is 6.92 Å². The Morgan fingerprint density at radius 2 is 1.07 bits per heavy atom. The van der Waals surface area contributed by atoms with Gasteiger partial charge < -0.3 is 10.2 Å². The summed E-state index contributed by atoms with van der Waals surface area (Å²) in [4.78, 5) is 21.2. The van der Waals surface area contributed by atoms with Crippen molar-refractivity contribution in [3.05, 3.63) is 70.8 Å². The van der Waals surface area contributed by atoms with Crippen LogP contribution < -0.4 is 0 Å². The van der Waals surface area contributed by atoms with Crippen LogP contribution in [0.1, 0.15) is 62.8 Å². The van der Waals surface area contributed by atoms with E-state index >= 15 is 0 Å². The van der Waals surface area contributed by atoms with Crippen molar-refractivity contribution in [1.29, 1.82) is 0 Å². The highest BCUT2D eigenvalue weighted by Gasteiger charge is 2.12. The first-order valence-corrected chi connectivity index (χ1v) is 10.2. The molecule has 0 spiro atoms. The Hall–Kier alpha value is -2.62. The molecule has 4 heteroatoms. The molecule has 2 aromatic rings. The second-order valence-corrected chi connectivity index (χ2v) is 8.38. The van der Waals surface area contributed by atoms with Crippen LogP contribution in [0, 0.1) is 11.8 Å². The highest BCUT2D eigenvalue weighted by molar-refractivity contribution is 5.75. The first kappa shape index (κ1) is 24.4. The van der Waals surface area contributed by atoms with E-state index in [2.05, 4.69) is 27.7 Å². The van der Waals surface area contributed by atoms with Gasteiger partial charge >= 0.3 is 11.9 Å². The summed E-state index contributed by atoms with van der Waals surface area (Å²) in [5.74, 6) is -0.695. The zero-order valence-electron chi connectivity index (χ0n) is 18.2. The van der Waals surface area contributed by atoms with Crippen LogP contribution in [-0.2, 0) is 28.9 Å². The van der Waals surface area contributed by atoms with Gasteiger partial charge in [-0.15, -0.1) is 0 Å². The molecule has 1 unspecified atom stereocenters. The number of benzene rings is 2. The van der Waals surface area contributed by atoms with E-state index in [1.807, 2.05) is 48.5 Å². The minimum absolute atomic E-state index is 0.113.